The molecule has 15 heavy (non-hydrogen) atoms. The van der Waals surface area contributed by atoms with Crippen LogP contribution in [0, 0.1) is 0 Å². The van der Waals surface area contributed by atoms with Crippen molar-refractivity contribution in [1.82, 2.24) is 4.98 Å². The van der Waals surface area contributed by atoms with Crippen LogP contribution in [-0.2, 0) is 6.42 Å². The Morgan fingerprint density at radius 1 is 1.27 bits per heavy atom. The predicted octanol–water partition coefficient (Wildman–Crippen LogP) is 1.74. The van der Waals surface area contributed by atoms with Crippen molar-refractivity contribution in [3.8, 4) is 0 Å². The minimum atomic E-state index is 0.566. The van der Waals surface area contributed by atoms with Crippen molar-refractivity contribution in [2.24, 2.45) is 0 Å². The van der Waals surface area contributed by atoms with Gasteiger partial charge in [-0.3, -0.25) is 0 Å². The van der Waals surface area contributed by atoms with Crippen LogP contribution in [0.3, 0.4) is 0 Å². The number of quaternary nitrogens is 1. The maximum atomic E-state index is 3.56. The molecule has 0 amide bonds. The molecular weight excluding hydrogens is 184 g/mol. The third kappa shape index (κ3) is 1.29. The highest BCUT2D eigenvalue weighted by atomic mass is 15.0. The third-order valence-electron chi connectivity index (χ3n) is 3.45. The minimum absolute atomic E-state index is 0.566. The predicted molar refractivity (Wildman–Crippen MR) is 61.8 cm³/mol. The molecule has 2 heteroatoms. The zero-order valence-electron chi connectivity index (χ0n) is 9.25. The molecular formula is C13H17N2+. The van der Waals surface area contributed by atoms with Crippen molar-refractivity contribution >= 4 is 10.9 Å². The van der Waals surface area contributed by atoms with Crippen LogP contribution in [0.15, 0.2) is 24.3 Å². The summed E-state index contributed by atoms with van der Waals surface area (Å²) < 4.78 is 0. The number of aromatic nitrogens is 1. The Morgan fingerprint density at radius 2 is 2.07 bits per heavy atom. The van der Waals surface area contributed by atoms with Crippen LogP contribution in [0.4, 0.5) is 0 Å². The monoisotopic (exact) mass is 201 g/mol. The number of hydrogen-bond acceptors (Lipinski definition) is 0. The van der Waals surface area contributed by atoms with Crippen molar-refractivity contribution in [2.75, 3.05) is 0 Å². The zero-order chi connectivity index (χ0) is 10.4. The van der Waals surface area contributed by atoms with Gasteiger partial charge in [0, 0.05) is 17.3 Å². The lowest BCUT2D eigenvalue weighted by Gasteiger charge is -2.23. The van der Waals surface area contributed by atoms with E-state index in [1.165, 1.54) is 28.6 Å². The molecule has 0 saturated heterocycles. The van der Waals surface area contributed by atoms with Crippen molar-refractivity contribution in [3.63, 3.8) is 0 Å². The maximum Gasteiger partial charge on any atom is 0.124 e. The zero-order valence-corrected chi connectivity index (χ0v) is 9.25. The first kappa shape index (κ1) is 8.98. The minimum Gasteiger partial charge on any atom is -0.353 e. The van der Waals surface area contributed by atoms with Gasteiger partial charge in [0.25, 0.3) is 0 Å². The fourth-order valence-electron chi connectivity index (χ4n) is 2.81. The number of hydrogen-bond donors (Lipinski definition) is 2. The van der Waals surface area contributed by atoms with E-state index < -0.39 is 0 Å². The SMILES string of the molecule is C[C@H]1Cc2c([nH]c3ccccc23)[C@@H](C)[NH2+]1. The van der Waals surface area contributed by atoms with Gasteiger partial charge in [-0.15, -0.1) is 0 Å². The third-order valence-corrected chi connectivity index (χ3v) is 3.45. The van der Waals surface area contributed by atoms with Gasteiger partial charge in [0.2, 0.25) is 0 Å². The number of nitrogens with one attached hydrogen (secondary N) is 1. The molecule has 0 unspecified atom stereocenters. The van der Waals surface area contributed by atoms with Gasteiger partial charge in [-0.2, -0.15) is 0 Å². The van der Waals surface area contributed by atoms with E-state index in [0.717, 1.165) is 0 Å². The van der Waals surface area contributed by atoms with Crippen LogP contribution in [0.1, 0.15) is 31.1 Å². The second kappa shape index (κ2) is 3.11. The molecule has 0 spiro atoms. The lowest BCUT2D eigenvalue weighted by Crippen LogP contribution is -2.91. The molecule has 2 heterocycles. The van der Waals surface area contributed by atoms with Crippen LogP contribution >= 0.6 is 0 Å². The van der Waals surface area contributed by atoms with E-state index in [9.17, 15) is 0 Å². The number of aromatic amines is 1. The number of benzene rings is 1. The van der Waals surface area contributed by atoms with Crippen molar-refractivity contribution < 1.29 is 5.32 Å². The summed E-state index contributed by atoms with van der Waals surface area (Å²) in [6.45, 7) is 4.59. The van der Waals surface area contributed by atoms with E-state index in [0.29, 0.717) is 12.1 Å². The standard InChI is InChI=1S/C13H16N2/c1-8-7-11-10-5-3-4-6-12(10)15-13(11)9(2)14-8/h3-6,8-9,14-15H,7H2,1-2H3/p+1/t8-,9+/m0/s1. The molecule has 1 aromatic carbocycles. The van der Waals surface area contributed by atoms with Crippen LogP contribution in [0.2, 0.25) is 0 Å². The summed E-state index contributed by atoms with van der Waals surface area (Å²) in [7, 11) is 0. The van der Waals surface area contributed by atoms with Crippen LogP contribution in [-0.4, -0.2) is 11.0 Å². The Labute approximate surface area is 89.7 Å². The normalized spacial score (nSPS) is 25.5. The van der Waals surface area contributed by atoms with Gasteiger partial charge in [0.05, 0.1) is 11.7 Å². The summed E-state index contributed by atoms with van der Waals surface area (Å²) in [5.41, 5.74) is 4.25. The van der Waals surface area contributed by atoms with Crippen LogP contribution in [0.25, 0.3) is 10.9 Å². The molecule has 3 N–H and O–H groups in total. The Hall–Kier alpha value is -1.28. The van der Waals surface area contributed by atoms with Gasteiger partial charge >= 0.3 is 0 Å². The summed E-state index contributed by atoms with van der Waals surface area (Å²) in [5, 5.41) is 3.86. The Bertz CT molecular complexity index is 498. The summed E-state index contributed by atoms with van der Waals surface area (Å²) in [4.78, 5) is 3.56. The van der Waals surface area contributed by atoms with E-state index in [4.69, 9.17) is 0 Å². The number of fused-ring (bicyclic) bond motifs is 3. The number of rotatable bonds is 0. The van der Waals surface area contributed by atoms with Crippen molar-refractivity contribution in [1.29, 1.82) is 0 Å². The van der Waals surface area contributed by atoms with Crippen LogP contribution < -0.4 is 5.32 Å². The summed E-state index contributed by atoms with van der Waals surface area (Å²) in [6, 6.07) is 9.90. The van der Waals surface area contributed by atoms with E-state index >= 15 is 0 Å². The van der Waals surface area contributed by atoms with Gasteiger partial charge in [-0.25, -0.2) is 0 Å². The van der Waals surface area contributed by atoms with Crippen molar-refractivity contribution in [3.05, 3.63) is 35.5 Å². The summed E-state index contributed by atoms with van der Waals surface area (Å²) >= 11 is 0. The molecule has 1 aliphatic rings. The number of nitrogens with two attached hydrogens (primary N) is 1. The Morgan fingerprint density at radius 3 is 2.93 bits per heavy atom. The smallest absolute Gasteiger partial charge is 0.124 e. The lowest BCUT2D eigenvalue weighted by atomic mass is 9.96. The molecule has 2 aromatic rings. The number of H-pyrrole nitrogens is 1. The fraction of sp³-hybridized carbons (Fsp3) is 0.385. The molecule has 0 saturated carbocycles. The molecule has 0 fully saturated rings. The largest absolute Gasteiger partial charge is 0.353 e. The first-order valence-corrected chi connectivity index (χ1v) is 5.70. The Balaban J connectivity index is 2.27. The first-order chi connectivity index (χ1) is 7.25. The molecule has 2 atom stereocenters. The molecule has 1 aliphatic heterocycles. The maximum absolute atomic E-state index is 3.56. The highest BCUT2D eigenvalue weighted by Gasteiger charge is 2.27. The molecule has 0 bridgehead atoms. The van der Waals surface area contributed by atoms with E-state index in [-0.39, 0.29) is 0 Å². The highest BCUT2D eigenvalue weighted by Crippen LogP contribution is 2.28. The van der Waals surface area contributed by atoms with Gasteiger partial charge in [0.1, 0.15) is 6.04 Å². The fourth-order valence-corrected chi connectivity index (χ4v) is 2.81. The van der Waals surface area contributed by atoms with Gasteiger partial charge in [-0.1, -0.05) is 18.2 Å². The number of para-hydroxylation sites is 1. The van der Waals surface area contributed by atoms with E-state index in [2.05, 4.69) is 48.4 Å². The second-order valence-electron chi connectivity index (χ2n) is 4.73. The van der Waals surface area contributed by atoms with Gasteiger partial charge in [0.15, 0.2) is 0 Å². The van der Waals surface area contributed by atoms with E-state index in [1.807, 2.05) is 0 Å². The highest BCUT2D eigenvalue weighted by molar-refractivity contribution is 5.84. The molecule has 3 rings (SSSR count). The van der Waals surface area contributed by atoms with Crippen molar-refractivity contribution in [2.45, 2.75) is 32.4 Å². The molecule has 1 aromatic heterocycles. The average molecular weight is 201 g/mol. The van der Waals surface area contributed by atoms with Gasteiger partial charge < -0.3 is 10.3 Å². The molecule has 0 aliphatic carbocycles. The summed E-state index contributed by atoms with van der Waals surface area (Å²) in [5.74, 6) is 0. The van der Waals surface area contributed by atoms with Gasteiger partial charge in [-0.05, 0) is 25.5 Å². The molecule has 0 radical (unpaired) electrons. The first-order valence-electron chi connectivity index (χ1n) is 5.70. The average Bonchev–Trinajstić information content (AvgIpc) is 2.57. The Kier molecular flexibility index (Phi) is 1.86. The molecule has 78 valence electrons. The summed E-state index contributed by atoms with van der Waals surface area (Å²) in [6.07, 6.45) is 1.18. The van der Waals surface area contributed by atoms with Crippen LogP contribution in [0.5, 0.6) is 0 Å². The second-order valence-corrected chi connectivity index (χ2v) is 4.73. The molecule has 2 nitrogen and oxygen atoms in total. The van der Waals surface area contributed by atoms with E-state index in [1.54, 1.807) is 0 Å². The lowest BCUT2D eigenvalue weighted by molar-refractivity contribution is -0.725. The topological polar surface area (TPSA) is 32.4 Å². The quantitative estimate of drug-likeness (QED) is 0.651.